The lowest BCUT2D eigenvalue weighted by molar-refractivity contribution is -0.132. The zero-order chi connectivity index (χ0) is 9.94. The highest BCUT2D eigenvalue weighted by molar-refractivity contribution is 5.47. The van der Waals surface area contributed by atoms with E-state index in [0.29, 0.717) is 32.4 Å². The number of hydrogen-bond acceptors (Lipinski definition) is 5. The predicted octanol–water partition coefficient (Wildman–Crippen LogP) is -1.21. The van der Waals surface area contributed by atoms with Gasteiger partial charge in [-0.15, -0.1) is 0 Å². The van der Waals surface area contributed by atoms with Crippen molar-refractivity contribution in [1.82, 2.24) is 4.90 Å². The zero-order valence-corrected chi connectivity index (χ0v) is 7.05. The summed E-state index contributed by atoms with van der Waals surface area (Å²) in [4.78, 5) is 31.1. The van der Waals surface area contributed by atoms with Crippen LogP contribution in [0.1, 0.15) is 0 Å². The average Bonchev–Trinajstić information content (AvgIpc) is 2.16. The third kappa shape index (κ3) is 6.79. The van der Waals surface area contributed by atoms with E-state index in [0.717, 1.165) is 0 Å². The van der Waals surface area contributed by atoms with Crippen LogP contribution in [0.15, 0.2) is 0 Å². The molecule has 0 aromatic carbocycles. The Kier molecular flexibility index (Phi) is 7.47. The Balaban J connectivity index is 3.44. The van der Waals surface area contributed by atoms with Gasteiger partial charge in [0.25, 0.3) is 12.9 Å². The van der Waals surface area contributed by atoms with Crippen molar-refractivity contribution >= 4 is 19.4 Å². The zero-order valence-electron chi connectivity index (χ0n) is 7.05. The third-order valence-corrected chi connectivity index (χ3v) is 1.28. The quantitative estimate of drug-likeness (QED) is 0.336. The second kappa shape index (κ2) is 8.51. The maximum absolute atomic E-state index is 10.3. The summed E-state index contributed by atoms with van der Waals surface area (Å²) < 4.78 is 8.76. The van der Waals surface area contributed by atoms with E-state index in [1.165, 1.54) is 4.90 Å². The summed E-state index contributed by atoms with van der Waals surface area (Å²) in [5.41, 5.74) is 0. The lowest BCUT2D eigenvalue weighted by atomic mass is 10.5. The fourth-order valence-corrected chi connectivity index (χ4v) is 0.653. The Labute approximate surface area is 75.4 Å². The van der Waals surface area contributed by atoms with Crippen LogP contribution >= 0.6 is 0 Å². The lowest BCUT2D eigenvalue weighted by Gasteiger charge is -2.15. The van der Waals surface area contributed by atoms with Crippen LogP contribution in [0.2, 0.25) is 0 Å². The summed E-state index contributed by atoms with van der Waals surface area (Å²) in [6, 6.07) is 0. The summed E-state index contributed by atoms with van der Waals surface area (Å²) >= 11 is 0. The molecule has 0 bridgehead atoms. The molecule has 0 unspecified atom stereocenters. The van der Waals surface area contributed by atoms with Crippen molar-refractivity contribution in [2.24, 2.45) is 0 Å². The van der Waals surface area contributed by atoms with Crippen LogP contribution in [-0.2, 0) is 23.9 Å². The van der Waals surface area contributed by atoms with Crippen molar-refractivity contribution in [2.75, 3.05) is 26.3 Å². The first kappa shape index (κ1) is 11.4. The molecule has 0 saturated heterocycles. The second-order valence-corrected chi connectivity index (χ2v) is 2.08. The van der Waals surface area contributed by atoms with Gasteiger partial charge < -0.3 is 14.4 Å². The average molecular weight is 189 g/mol. The topological polar surface area (TPSA) is 72.9 Å². The Morgan fingerprint density at radius 1 is 0.923 bits per heavy atom. The molecule has 0 aliphatic rings. The molecule has 0 N–H and O–H groups in total. The number of carbonyl (C=O) groups excluding carboxylic acids is 3. The number of rotatable bonds is 9. The minimum atomic E-state index is 0.142. The largest absolute Gasteiger partial charge is 0.466 e. The summed E-state index contributed by atoms with van der Waals surface area (Å²) in [6.45, 7) is 1.50. The standard InChI is InChI=1S/C7H11NO5/c9-5-8(1-3-12-6-10)2-4-13-7-11/h5-7H,1-4H2. The Hall–Kier alpha value is -1.59. The van der Waals surface area contributed by atoms with Gasteiger partial charge in [0.1, 0.15) is 13.2 Å². The molecule has 0 rings (SSSR count). The molecular weight excluding hydrogens is 178 g/mol. The maximum Gasteiger partial charge on any atom is 0.293 e. The molecule has 0 aliphatic heterocycles. The summed E-state index contributed by atoms with van der Waals surface area (Å²) in [5, 5.41) is 0. The molecule has 0 aliphatic carbocycles. The van der Waals surface area contributed by atoms with Crippen molar-refractivity contribution in [3.8, 4) is 0 Å². The van der Waals surface area contributed by atoms with Crippen molar-refractivity contribution in [3.05, 3.63) is 0 Å². The second-order valence-electron chi connectivity index (χ2n) is 2.08. The van der Waals surface area contributed by atoms with E-state index in [-0.39, 0.29) is 13.2 Å². The van der Waals surface area contributed by atoms with Crippen LogP contribution in [-0.4, -0.2) is 50.6 Å². The molecule has 6 nitrogen and oxygen atoms in total. The monoisotopic (exact) mass is 189 g/mol. The van der Waals surface area contributed by atoms with Crippen LogP contribution < -0.4 is 0 Å². The molecule has 13 heavy (non-hydrogen) atoms. The van der Waals surface area contributed by atoms with E-state index >= 15 is 0 Å². The van der Waals surface area contributed by atoms with Crippen LogP contribution in [0.3, 0.4) is 0 Å². The summed E-state index contributed by atoms with van der Waals surface area (Å²) in [6.07, 6.45) is 0.600. The minimum Gasteiger partial charge on any atom is -0.466 e. The maximum atomic E-state index is 10.3. The highest BCUT2D eigenvalue weighted by Crippen LogP contribution is 1.83. The van der Waals surface area contributed by atoms with Gasteiger partial charge in [0.15, 0.2) is 0 Å². The minimum absolute atomic E-state index is 0.142. The van der Waals surface area contributed by atoms with Gasteiger partial charge in [-0.2, -0.15) is 0 Å². The van der Waals surface area contributed by atoms with Crippen LogP contribution in [0.25, 0.3) is 0 Å². The van der Waals surface area contributed by atoms with Gasteiger partial charge in [0, 0.05) is 0 Å². The molecule has 6 heteroatoms. The van der Waals surface area contributed by atoms with Crippen LogP contribution in [0.5, 0.6) is 0 Å². The van der Waals surface area contributed by atoms with Crippen molar-refractivity contribution in [3.63, 3.8) is 0 Å². The Morgan fingerprint density at radius 2 is 1.38 bits per heavy atom. The molecule has 0 saturated carbocycles. The molecule has 0 fully saturated rings. The van der Waals surface area contributed by atoms with Gasteiger partial charge >= 0.3 is 0 Å². The van der Waals surface area contributed by atoms with Crippen LogP contribution in [0, 0.1) is 0 Å². The van der Waals surface area contributed by atoms with E-state index in [9.17, 15) is 14.4 Å². The molecule has 0 spiro atoms. The van der Waals surface area contributed by atoms with Gasteiger partial charge in [-0.1, -0.05) is 0 Å². The van der Waals surface area contributed by atoms with E-state index in [4.69, 9.17) is 0 Å². The van der Waals surface area contributed by atoms with E-state index in [2.05, 4.69) is 9.47 Å². The fourth-order valence-electron chi connectivity index (χ4n) is 0.653. The van der Waals surface area contributed by atoms with Crippen molar-refractivity contribution in [1.29, 1.82) is 0 Å². The SMILES string of the molecule is O=COCCN(C=O)CCOC=O. The predicted molar refractivity (Wildman–Crippen MR) is 41.7 cm³/mol. The molecule has 0 aromatic heterocycles. The van der Waals surface area contributed by atoms with Crippen molar-refractivity contribution < 1.29 is 23.9 Å². The number of amides is 1. The first-order valence-electron chi connectivity index (χ1n) is 3.65. The van der Waals surface area contributed by atoms with Gasteiger partial charge in [-0.05, 0) is 0 Å². The molecule has 0 heterocycles. The molecule has 74 valence electrons. The number of hydrogen-bond donors (Lipinski definition) is 0. The van der Waals surface area contributed by atoms with Gasteiger partial charge in [-0.25, -0.2) is 0 Å². The molecular formula is C7H11NO5. The van der Waals surface area contributed by atoms with Gasteiger partial charge in [0.2, 0.25) is 6.41 Å². The first-order chi connectivity index (χ1) is 6.35. The number of carbonyl (C=O) groups is 3. The lowest BCUT2D eigenvalue weighted by Crippen LogP contribution is -2.29. The smallest absolute Gasteiger partial charge is 0.293 e. The number of nitrogens with zero attached hydrogens (tertiary/aromatic N) is 1. The summed E-state index contributed by atoms with van der Waals surface area (Å²) in [7, 11) is 0. The van der Waals surface area contributed by atoms with Gasteiger partial charge in [0.05, 0.1) is 13.1 Å². The third-order valence-electron chi connectivity index (χ3n) is 1.28. The highest BCUT2D eigenvalue weighted by Gasteiger charge is 2.00. The Morgan fingerprint density at radius 3 is 1.69 bits per heavy atom. The molecule has 1 amide bonds. The van der Waals surface area contributed by atoms with Crippen molar-refractivity contribution in [2.45, 2.75) is 0 Å². The van der Waals surface area contributed by atoms with Crippen LogP contribution in [0.4, 0.5) is 0 Å². The Bertz CT molecular complexity index is 147. The molecule has 0 atom stereocenters. The molecule has 0 aromatic rings. The normalized spacial score (nSPS) is 8.62. The number of ether oxygens (including phenoxy) is 2. The van der Waals surface area contributed by atoms with Gasteiger partial charge in [-0.3, -0.25) is 14.4 Å². The fraction of sp³-hybridized carbons (Fsp3) is 0.571. The summed E-state index contributed by atoms with van der Waals surface area (Å²) in [5.74, 6) is 0. The van der Waals surface area contributed by atoms with E-state index in [1.807, 2.05) is 0 Å². The molecule has 0 radical (unpaired) electrons. The van der Waals surface area contributed by atoms with E-state index in [1.54, 1.807) is 0 Å². The highest BCUT2D eigenvalue weighted by atomic mass is 16.5. The first-order valence-corrected chi connectivity index (χ1v) is 3.65. The van der Waals surface area contributed by atoms with E-state index < -0.39 is 0 Å².